The second-order valence-electron chi connectivity index (χ2n) is 4.46. The lowest BCUT2D eigenvalue weighted by atomic mass is 10.2. The lowest BCUT2D eigenvalue weighted by Crippen LogP contribution is -2.15. The maximum absolute atomic E-state index is 12.9. The molecular formula is C14H20F3NS. The van der Waals surface area contributed by atoms with E-state index in [-0.39, 0.29) is 0 Å². The minimum absolute atomic E-state index is 0.360. The number of benzene rings is 1. The van der Waals surface area contributed by atoms with Crippen LogP contribution in [0.4, 0.5) is 13.2 Å². The number of rotatable bonds is 9. The van der Waals surface area contributed by atoms with Gasteiger partial charge in [-0.1, -0.05) is 12.8 Å². The SMILES string of the molecule is CSCCCCCCNCc1cc(F)c(F)c(F)c1. The van der Waals surface area contributed by atoms with Crippen LogP contribution in [-0.4, -0.2) is 18.6 Å². The van der Waals surface area contributed by atoms with Gasteiger partial charge in [0.25, 0.3) is 0 Å². The monoisotopic (exact) mass is 291 g/mol. The van der Waals surface area contributed by atoms with Crippen LogP contribution in [0.2, 0.25) is 0 Å². The Labute approximate surface area is 117 Å². The molecule has 0 aliphatic heterocycles. The quantitative estimate of drug-likeness (QED) is 0.542. The number of unbranched alkanes of at least 4 members (excludes halogenated alkanes) is 3. The van der Waals surface area contributed by atoms with Gasteiger partial charge in [0.15, 0.2) is 17.5 Å². The van der Waals surface area contributed by atoms with Crippen molar-refractivity contribution in [3.05, 3.63) is 35.1 Å². The van der Waals surface area contributed by atoms with E-state index in [0.29, 0.717) is 12.1 Å². The van der Waals surface area contributed by atoms with Crippen molar-refractivity contribution < 1.29 is 13.2 Å². The molecule has 0 aromatic heterocycles. The van der Waals surface area contributed by atoms with Gasteiger partial charge in [0.05, 0.1) is 0 Å². The zero-order chi connectivity index (χ0) is 14.1. The molecule has 0 saturated carbocycles. The fourth-order valence-corrected chi connectivity index (χ4v) is 2.29. The van der Waals surface area contributed by atoms with Crippen LogP contribution in [0.5, 0.6) is 0 Å². The van der Waals surface area contributed by atoms with E-state index >= 15 is 0 Å². The third kappa shape index (κ3) is 6.34. The molecule has 1 rings (SSSR count). The van der Waals surface area contributed by atoms with Crippen LogP contribution in [0, 0.1) is 17.5 Å². The molecule has 0 fully saturated rings. The number of halogens is 3. The highest BCUT2D eigenvalue weighted by atomic mass is 32.2. The molecule has 108 valence electrons. The molecule has 19 heavy (non-hydrogen) atoms. The van der Waals surface area contributed by atoms with Crippen LogP contribution in [0.3, 0.4) is 0 Å². The average molecular weight is 291 g/mol. The predicted octanol–water partition coefficient (Wildman–Crippen LogP) is 4.12. The number of nitrogens with one attached hydrogen (secondary N) is 1. The predicted molar refractivity (Wildman–Crippen MR) is 74.9 cm³/mol. The summed E-state index contributed by atoms with van der Waals surface area (Å²) in [5.74, 6) is -2.47. The van der Waals surface area contributed by atoms with E-state index in [9.17, 15) is 13.2 Å². The first kappa shape index (κ1) is 16.4. The Kier molecular flexibility index (Phi) is 7.98. The summed E-state index contributed by atoms with van der Waals surface area (Å²) in [6.45, 7) is 1.17. The smallest absolute Gasteiger partial charge is 0.194 e. The second-order valence-corrected chi connectivity index (χ2v) is 5.44. The van der Waals surface area contributed by atoms with Gasteiger partial charge in [-0.3, -0.25) is 0 Å². The molecule has 1 N–H and O–H groups in total. The summed E-state index contributed by atoms with van der Waals surface area (Å²) >= 11 is 1.85. The summed E-state index contributed by atoms with van der Waals surface area (Å²) in [7, 11) is 0. The summed E-state index contributed by atoms with van der Waals surface area (Å²) in [5, 5.41) is 3.11. The first-order chi connectivity index (χ1) is 9.15. The van der Waals surface area contributed by atoms with Crippen molar-refractivity contribution in [3.63, 3.8) is 0 Å². The van der Waals surface area contributed by atoms with Crippen molar-refractivity contribution in [1.82, 2.24) is 5.32 Å². The Morgan fingerprint density at radius 2 is 1.63 bits per heavy atom. The van der Waals surface area contributed by atoms with Gasteiger partial charge in [-0.15, -0.1) is 0 Å². The minimum atomic E-state index is -1.41. The Balaban J connectivity index is 2.16. The third-order valence-corrected chi connectivity index (χ3v) is 3.52. The topological polar surface area (TPSA) is 12.0 Å². The van der Waals surface area contributed by atoms with E-state index in [1.165, 1.54) is 18.6 Å². The van der Waals surface area contributed by atoms with E-state index in [1.54, 1.807) is 0 Å². The molecular weight excluding hydrogens is 271 g/mol. The largest absolute Gasteiger partial charge is 0.313 e. The van der Waals surface area contributed by atoms with Gasteiger partial charge < -0.3 is 5.32 Å². The van der Waals surface area contributed by atoms with E-state index in [0.717, 1.165) is 31.5 Å². The van der Waals surface area contributed by atoms with E-state index in [1.807, 2.05) is 11.8 Å². The average Bonchev–Trinajstić information content (AvgIpc) is 2.39. The molecule has 5 heteroatoms. The zero-order valence-corrected chi connectivity index (χ0v) is 12.0. The van der Waals surface area contributed by atoms with Gasteiger partial charge >= 0.3 is 0 Å². The molecule has 1 aromatic carbocycles. The second kappa shape index (κ2) is 9.26. The van der Waals surface area contributed by atoms with E-state index in [4.69, 9.17) is 0 Å². The molecule has 0 bridgehead atoms. The number of hydrogen-bond donors (Lipinski definition) is 1. The first-order valence-corrected chi connectivity index (χ1v) is 7.87. The first-order valence-electron chi connectivity index (χ1n) is 6.48. The number of thioether (sulfide) groups is 1. The summed E-state index contributed by atoms with van der Waals surface area (Å²) in [5.41, 5.74) is 0.429. The van der Waals surface area contributed by atoms with E-state index < -0.39 is 17.5 Å². The van der Waals surface area contributed by atoms with Crippen molar-refractivity contribution in [2.45, 2.75) is 32.2 Å². The normalized spacial score (nSPS) is 10.9. The summed E-state index contributed by atoms with van der Waals surface area (Å²) in [4.78, 5) is 0. The maximum atomic E-state index is 12.9. The van der Waals surface area contributed by atoms with Gasteiger partial charge in [-0.25, -0.2) is 13.2 Å². The van der Waals surface area contributed by atoms with Crippen LogP contribution in [0.25, 0.3) is 0 Å². The molecule has 0 radical (unpaired) electrons. The van der Waals surface area contributed by atoms with Crippen molar-refractivity contribution in [3.8, 4) is 0 Å². The Hall–Kier alpha value is -0.680. The van der Waals surface area contributed by atoms with Crippen molar-refractivity contribution in [2.24, 2.45) is 0 Å². The summed E-state index contributed by atoms with van der Waals surface area (Å²) in [6.07, 6.45) is 6.74. The molecule has 0 saturated heterocycles. The Morgan fingerprint density at radius 3 is 2.26 bits per heavy atom. The van der Waals surface area contributed by atoms with Gasteiger partial charge in [-0.2, -0.15) is 11.8 Å². The van der Waals surface area contributed by atoms with Gasteiger partial charge in [0.1, 0.15) is 0 Å². The van der Waals surface area contributed by atoms with Gasteiger partial charge in [-0.05, 0) is 49.1 Å². The summed E-state index contributed by atoms with van der Waals surface area (Å²) < 4.78 is 38.6. The molecule has 0 unspecified atom stereocenters. The Morgan fingerprint density at radius 1 is 1.00 bits per heavy atom. The van der Waals surface area contributed by atoms with Crippen LogP contribution in [0.1, 0.15) is 31.2 Å². The van der Waals surface area contributed by atoms with Gasteiger partial charge in [0, 0.05) is 6.54 Å². The molecule has 0 atom stereocenters. The maximum Gasteiger partial charge on any atom is 0.194 e. The molecule has 0 spiro atoms. The molecule has 0 amide bonds. The molecule has 1 nitrogen and oxygen atoms in total. The molecule has 1 aromatic rings. The van der Waals surface area contributed by atoms with Gasteiger partial charge in [0.2, 0.25) is 0 Å². The molecule has 0 heterocycles. The van der Waals surface area contributed by atoms with Crippen molar-refractivity contribution in [2.75, 3.05) is 18.6 Å². The van der Waals surface area contributed by atoms with Crippen LogP contribution >= 0.6 is 11.8 Å². The molecule has 0 aliphatic carbocycles. The lowest BCUT2D eigenvalue weighted by Gasteiger charge is -2.06. The van der Waals surface area contributed by atoms with E-state index in [2.05, 4.69) is 11.6 Å². The third-order valence-electron chi connectivity index (χ3n) is 2.82. The van der Waals surface area contributed by atoms with Crippen LogP contribution < -0.4 is 5.32 Å². The highest BCUT2D eigenvalue weighted by Crippen LogP contribution is 2.13. The lowest BCUT2D eigenvalue weighted by molar-refractivity contribution is 0.444. The highest BCUT2D eigenvalue weighted by Gasteiger charge is 2.09. The fourth-order valence-electron chi connectivity index (χ4n) is 1.79. The minimum Gasteiger partial charge on any atom is -0.313 e. The van der Waals surface area contributed by atoms with Crippen molar-refractivity contribution >= 4 is 11.8 Å². The van der Waals surface area contributed by atoms with Crippen LogP contribution in [-0.2, 0) is 6.54 Å². The van der Waals surface area contributed by atoms with Crippen molar-refractivity contribution in [1.29, 1.82) is 0 Å². The number of hydrogen-bond acceptors (Lipinski definition) is 2. The van der Waals surface area contributed by atoms with Crippen LogP contribution in [0.15, 0.2) is 12.1 Å². The zero-order valence-electron chi connectivity index (χ0n) is 11.1. The standard InChI is InChI=1S/C14H20F3NS/c1-19-7-5-3-2-4-6-18-10-11-8-12(15)14(17)13(16)9-11/h8-9,18H,2-7,10H2,1H3. The Bertz CT molecular complexity index is 362. The summed E-state index contributed by atoms with van der Waals surface area (Å²) in [6, 6.07) is 2.06. The fraction of sp³-hybridized carbons (Fsp3) is 0.571. The highest BCUT2D eigenvalue weighted by molar-refractivity contribution is 7.98. The molecule has 0 aliphatic rings.